The highest BCUT2D eigenvalue weighted by Crippen LogP contribution is 2.37. The fraction of sp³-hybridized carbons (Fsp3) is 1.00. The molecule has 0 aromatic rings. The van der Waals surface area contributed by atoms with Crippen molar-refractivity contribution >= 4 is 0 Å². The molecular weight excluding hydrogens is 231 g/mol. The van der Waals surface area contributed by atoms with E-state index in [9.17, 15) is 13.2 Å². The molecule has 0 aromatic heterocycles. The number of aliphatic hydroxyl groups is 1. The van der Waals surface area contributed by atoms with Crippen molar-refractivity contribution in [2.24, 2.45) is 5.92 Å². The molecule has 1 unspecified atom stereocenters. The first kappa shape index (κ1) is 14.8. The first-order valence-corrected chi connectivity index (χ1v) is 6.37. The lowest BCUT2D eigenvalue weighted by Gasteiger charge is -2.32. The Kier molecular flexibility index (Phi) is 5.73. The van der Waals surface area contributed by atoms with Crippen LogP contribution in [0.2, 0.25) is 0 Å². The lowest BCUT2D eigenvalue weighted by Crippen LogP contribution is -2.41. The third kappa shape index (κ3) is 5.25. The van der Waals surface area contributed by atoms with Gasteiger partial charge in [0.25, 0.3) is 0 Å². The zero-order chi connectivity index (χ0) is 12.9. The second-order valence-electron chi connectivity index (χ2n) is 5.02. The largest absolute Gasteiger partial charge is 0.396 e. The van der Waals surface area contributed by atoms with Crippen molar-refractivity contribution in [1.29, 1.82) is 0 Å². The van der Waals surface area contributed by atoms with Gasteiger partial charge < -0.3 is 10.4 Å². The molecule has 0 bridgehead atoms. The number of hydrogen-bond donors (Lipinski definition) is 2. The molecule has 0 aromatic carbocycles. The van der Waals surface area contributed by atoms with E-state index in [1.54, 1.807) is 0 Å². The van der Waals surface area contributed by atoms with Crippen molar-refractivity contribution in [3.8, 4) is 0 Å². The van der Waals surface area contributed by atoms with Gasteiger partial charge in [-0.15, -0.1) is 0 Å². The lowest BCUT2D eigenvalue weighted by molar-refractivity contribution is -0.182. The third-order valence-electron chi connectivity index (χ3n) is 3.51. The number of nitrogens with one attached hydrogen (secondary N) is 1. The minimum Gasteiger partial charge on any atom is -0.396 e. The van der Waals surface area contributed by atoms with E-state index in [1.165, 1.54) is 0 Å². The lowest BCUT2D eigenvalue weighted by atomic mass is 9.85. The van der Waals surface area contributed by atoms with Gasteiger partial charge in [0, 0.05) is 18.7 Å². The normalized spacial score (nSPS) is 28.1. The molecule has 0 radical (unpaired) electrons. The van der Waals surface area contributed by atoms with Crippen LogP contribution in [-0.4, -0.2) is 30.0 Å². The van der Waals surface area contributed by atoms with Crippen LogP contribution in [0, 0.1) is 5.92 Å². The molecule has 1 fully saturated rings. The number of aliphatic hydroxyl groups excluding tert-OH is 1. The van der Waals surface area contributed by atoms with Gasteiger partial charge in [0.2, 0.25) is 0 Å². The Bertz CT molecular complexity index is 212. The van der Waals surface area contributed by atoms with Gasteiger partial charge in [0.1, 0.15) is 0 Å². The van der Waals surface area contributed by atoms with Crippen molar-refractivity contribution < 1.29 is 18.3 Å². The van der Waals surface area contributed by atoms with Crippen molar-refractivity contribution in [3.05, 3.63) is 0 Å². The second kappa shape index (κ2) is 6.59. The molecule has 1 saturated carbocycles. The summed E-state index contributed by atoms with van der Waals surface area (Å²) in [6.45, 7) is 2.19. The number of alkyl halides is 3. The highest BCUT2D eigenvalue weighted by Gasteiger charge is 2.41. The molecule has 2 nitrogen and oxygen atoms in total. The van der Waals surface area contributed by atoms with E-state index in [2.05, 4.69) is 5.32 Å². The van der Waals surface area contributed by atoms with Crippen molar-refractivity contribution in [2.75, 3.05) is 6.61 Å². The van der Waals surface area contributed by atoms with Gasteiger partial charge in [-0.25, -0.2) is 0 Å². The van der Waals surface area contributed by atoms with E-state index >= 15 is 0 Å². The number of hydrogen-bond acceptors (Lipinski definition) is 2. The fourth-order valence-corrected chi connectivity index (χ4v) is 2.47. The summed E-state index contributed by atoms with van der Waals surface area (Å²) < 4.78 is 37.3. The van der Waals surface area contributed by atoms with Gasteiger partial charge in [0.05, 0.1) is 5.92 Å². The predicted octanol–water partition coefficient (Wildman–Crippen LogP) is 2.86. The van der Waals surface area contributed by atoms with E-state index in [0.717, 1.165) is 12.8 Å². The molecule has 17 heavy (non-hydrogen) atoms. The predicted molar refractivity (Wildman–Crippen MR) is 60.7 cm³/mol. The van der Waals surface area contributed by atoms with E-state index in [-0.39, 0.29) is 31.5 Å². The smallest absolute Gasteiger partial charge is 0.391 e. The van der Waals surface area contributed by atoms with Gasteiger partial charge >= 0.3 is 6.18 Å². The SMILES string of the molecule is CC(CCCO)NC1CCC(C(F)(F)F)CC1. The monoisotopic (exact) mass is 253 g/mol. The molecule has 1 rings (SSSR count). The van der Waals surface area contributed by atoms with Crippen molar-refractivity contribution in [2.45, 2.75) is 63.7 Å². The Hall–Kier alpha value is -0.290. The van der Waals surface area contributed by atoms with Gasteiger partial charge in [-0.3, -0.25) is 0 Å². The van der Waals surface area contributed by atoms with E-state index < -0.39 is 12.1 Å². The standard InChI is InChI=1S/C12H22F3NO/c1-9(3-2-8-17)16-11-6-4-10(5-7-11)12(13,14)15/h9-11,16-17H,2-8H2,1H3. The topological polar surface area (TPSA) is 32.3 Å². The Morgan fingerprint density at radius 3 is 2.29 bits per heavy atom. The van der Waals surface area contributed by atoms with Gasteiger partial charge in [-0.2, -0.15) is 13.2 Å². The van der Waals surface area contributed by atoms with Gasteiger partial charge in [-0.05, 0) is 45.4 Å². The summed E-state index contributed by atoms with van der Waals surface area (Å²) in [5.41, 5.74) is 0. The summed E-state index contributed by atoms with van der Waals surface area (Å²) in [6, 6.07) is 0.483. The summed E-state index contributed by atoms with van der Waals surface area (Å²) in [6.07, 6.45) is -0.710. The van der Waals surface area contributed by atoms with E-state index in [1.807, 2.05) is 6.92 Å². The molecule has 2 N–H and O–H groups in total. The molecule has 1 aliphatic carbocycles. The molecule has 5 heteroatoms. The maximum absolute atomic E-state index is 12.4. The molecule has 0 heterocycles. The van der Waals surface area contributed by atoms with Crippen LogP contribution in [0.25, 0.3) is 0 Å². The minimum atomic E-state index is -4.02. The fourth-order valence-electron chi connectivity index (χ4n) is 2.47. The Balaban J connectivity index is 2.23. The van der Waals surface area contributed by atoms with Crippen LogP contribution in [0.5, 0.6) is 0 Å². The quantitative estimate of drug-likeness (QED) is 0.789. The van der Waals surface area contributed by atoms with Crippen molar-refractivity contribution in [3.63, 3.8) is 0 Å². The minimum absolute atomic E-state index is 0.173. The Labute approximate surface area is 101 Å². The Morgan fingerprint density at radius 1 is 1.24 bits per heavy atom. The molecule has 0 aliphatic heterocycles. The molecule has 102 valence electrons. The van der Waals surface area contributed by atoms with Crippen LogP contribution in [0.4, 0.5) is 13.2 Å². The number of rotatable bonds is 5. The van der Waals surface area contributed by atoms with Crippen LogP contribution >= 0.6 is 0 Å². The average Bonchev–Trinajstić information content (AvgIpc) is 2.26. The summed E-state index contributed by atoms with van der Waals surface area (Å²) in [7, 11) is 0. The second-order valence-corrected chi connectivity index (χ2v) is 5.02. The van der Waals surface area contributed by atoms with E-state index in [0.29, 0.717) is 12.8 Å². The Morgan fingerprint density at radius 2 is 1.82 bits per heavy atom. The van der Waals surface area contributed by atoms with Crippen LogP contribution < -0.4 is 5.32 Å². The van der Waals surface area contributed by atoms with Crippen LogP contribution in [-0.2, 0) is 0 Å². The van der Waals surface area contributed by atoms with Gasteiger partial charge in [0.15, 0.2) is 0 Å². The summed E-state index contributed by atoms with van der Waals surface area (Å²) >= 11 is 0. The molecule has 0 amide bonds. The van der Waals surface area contributed by atoms with Gasteiger partial charge in [-0.1, -0.05) is 0 Å². The molecule has 1 atom stereocenters. The third-order valence-corrected chi connectivity index (χ3v) is 3.51. The first-order chi connectivity index (χ1) is 7.93. The molecule has 1 aliphatic rings. The summed E-state index contributed by atoms with van der Waals surface area (Å²) in [4.78, 5) is 0. The average molecular weight is 253 g/mol. The zero-order valence-electron chi connectivity index (χ0n) is 10.3. The van der Waals surface area contributed by atoms with Crippen LogP contribution in [0.1, 0.15) is 45.4 Å². The van der Waals surface area contributed by atoms with Crippen molar-refractivity contribution in [1.82, 2.24) is 5.32 Å². The summed E-state index contributed by atoms with van der Waals surface area (Å²) in [5, 5.41) is 12.0. The number of halogens is 3. The van der Waals surface area contributed by atoms with Crippen LogP contribution in [0.3, 0.4) is 0 Å². The highest BCUT2D eigenvalue weighted by molar-refractivity contribution is 4.82. The summed E-state index contributed by atoms with van der Waals surface area (Å²) in [5.74, 6) is -1.10. The first-order valence-electron chi connectivity index (χ1n) is 6.37. The highest BCUT2D eigenvalue weighted by atomic mass is 19.4. The molecule has 0 saturated heterocycles. The maximum Gasteiger partial charge on any atom is 0.391 e. The molecule has 0 spiro atoms. The van der Waals surface area contributed by atoms with E-state index in [4.69, 9.17) is 5.11 Å². The maximum atomic E-state index is 12.4. The zero-order valence-corrected chi connectivity index (χ0v) is 10.3. The molecular formula is C12H22F3NO. The van der Waals surface area contributed by atoms with Crippen LogP contribution in [0.15, 0.2) is 0 Å².